The van der Waals surface area contributed by atoms with Gasteiger partial charge in [-0.25, -0.2) is 0 Å². The normalized spacial score (nSPS) is 15.7. The molecule has 1 aromatic rings. The minimum Gasteiger partial charge on any atom is -0.370 e. The molecule has 98 valence electrons. The summed E-state index contributed by atoms with van der Waals surface area (Å²) >= 11 is 0. The van der Waals surface area contributed by atoms with Crippen LogP contribution in [-0.2, 0) is 6.42 Å². The van der Waals surface area contributed by atoms with E-state index >= 15 is 0 Å². The highest BCUT2D eigenvalue weighted by atomic mass is 15.1. The summed E-state index contributed by atoms with van der Waals surface area (Å²) < 4.78 is 0. The van der Waals surface area contributed by atoms with Gasteiger partial charge in [0.2, 0.25) is 0 Å². The van der Waals surface area contributed by atoms with Gasteiger partial charge in [0.15, 0.2) is 5.96 Å². The van der Waals surface area contributed by atoms with Crippen LogP contribution in [0.4, 0.5) is 5.69 Å². The second-order valence-electron chi connectivity index (χ2n) is 5.03. The lowest BCUT2D eigenvalue weighted by atomic mass is 10.1. The Morgan fingerprint density at radius 1 is 1.33 bits per heavy atom. The molecule has 1 aliphatic carbocycles. The standard InChI is InChI=1S/C15H23N3/c1-2-12-7-9-14(10-8-12)18-15(16)17-11-3-4-13-5-6-13/h7-10,13H,2-6,11H2,1H3,(H3,16,17,18). The molecule has 0 bridgehead atoms. The molecule has 0 spiro atoms. The average Bonchev–Trinajstić information content (AvgIpc) is 3.20. The summed E-state index contributed by atoms with van der Waals surface area (Å²) in [5.41, 5.74) is 8.19. The van der Waals surface area contributed by atoms with Crippen LogP contribution in [0.5, 0.6) is 0 Å². The smallest absolute Gasteiger partial charge is 0.193 e. The SMILES string of the molecule is CCc1ccc(NC(N)=NCCCC2CC2)cc1. The molecule has 0 aromatic heterocycles. The van der Waals surface area contributed by atoms with E-state index < -0.39 is 0 Å². The Balaban J connectivity index is 1.73. The molecule has 0 saturated heterocycles. The molecule has 1 fully saturated rings. The van der Waals surface area contributed by atoms with Crippen LogP contribution in [0.2, 0.25) is 0 Å². The monoisotopic (exact) mass is 245 g/mol. The number of nitrogens with zero attached hydrogens (tertiary/aromatic N) is 1. The van der Waals surface area contributed by atoms with Crippen LogP contribution in [0, 0.1) is 5.92 Å². The first-order valence-corrected chi connectivity index (χ1v) is 6.94. The summed E-state index contributed by atoms with van der Waals surface area (Å²) in [6, 6.07) is 8.32. The minimum atomic E-state index is 0.523. The van der Waals surface area contributed by atoms with Gasteiger partial charge < -0.3 is 11.1 Å². The molecular weight excluding hydrogens is 222 g/mol. The van der Waals surface area contributed by atoms with Crippen LogP contribution >= 0.6 is 0 Å². The third-order valence-corrected chi connectivity index (χ3v) is 3.38. The van der Waals surface area contributed by atoms with E-state index in [-0.39, 0.29) is 0 Å². The molecule has 0 unspecified atom stereocenters. The molecule has 1 aromatic carbocycles. The molecular formula is C15H23N3. The number of nitrogens with two attached hydrogens (primary N) is 1. The molecule has 2 rings (SSSR count). The van der Waals surface area contributed by atoms with Gasteiger partial charge in [-0.15, -0.1) is 0 Å². The predicted molar refractivity (Wildman–Crippen MR) is 77.9 cm³/mol. The van der Waals surface area contributed by atoms with Gasteiger partial charge in [-0.1, -0.05) is 31.9 Å². The maximum Gasteiger partial charge on any atom is 0.193 e. The zero-order valence-corrected chi connectivity index (χ0v) is 11.2. The Kier molecular flexibility index (Phi) is 4.62. The van der Waals surface area contributed by atoms with Gasteiger partial charge in [0.05, 0.1) is 0 Å². The number of aliphatic imine (C=N–C) groups is 1. The lowest BCUT2D eigenvalue weighted by Gasteiger charge is -2.06. The third-order valence-electron chi connectivity index (χ3n) is 3.38. The van der Waals surface area contributed by atoms with Crippen LogP contribution in [-0.4, -0.2) is 12.5 Å². The van der Waals surface area contributed by atoms with Crippen molar-refractivity contribution >= 4 is 11.6 Å². The highest BCUT2D eigenvalue weighted by molar-refractivity contribution is 5.92. The number of nitrogens with one attached hydrogen (secondary N) is 1. The van der Waals surface area contributed by atoms with E-state index in [4.69, 9.17) is 5.73 Å². The number of rotatable bonds is 6. The number of hydrogen-bond donors (Lipinski definition) is 2. The van der Waals surface area contributed by atoms with Gasteiger partial charge in [-0.3, -0.25) is 4.99 Å². The van der Waals surface area contributed by atoms with E-state index in [1.165, 1.54) is 24.8 Å². The Morgan fingerprint density at radius 3 is 2.67 bits per heavy atom. The first-order chi connectivity index (χ1) is 8.78. The van der Waals surface area contributed by atoms with Crippen LogP contribution in [0.25, 0.3) is 0 Å². The topological polar surface area (TPSA) is 50.4 Å². The lowest BCUT2D eigenvalue weighted by Crippen LogP contribution is -2.22. The van der Waals surface area contributed by atoms with E-state index in [1.54, 1.807) is 0 Å². The third kappa shape index (κ3) is 4.40. The van der Waals surface area contributed by atoms with Crippen LogP contribution in [0.15, 0.2) is 29.3 Å². The number of hydrogen-bond acceptors (Lipinski definition) is 1. The molecule has 0 amide bonds. The Bertz CT molecular complexity index is 391. The van der Waals surface area contributed by atoms with Gasteiger partial charge >= 0.3 is 0 Å². The Morgan fingerprint density at radius 2 is 2.06 bits per heavy atom. The summed E-state index contributed by atoms with van der Waals surface area (Å²) in [7, 11) is 0. The fourth-order valence-electron chi connectivity index (χ4n) is 2.00. The molecule has 3 nitrogen and oxygen atoms in total. The first-order valence-electron chi connectivity index (χ1n) is 6.94. The molecule has 0 heterocycles. The maximum absolute atomic E-state index is 5.85. The summed E-state index contributed by atoms with van der Waals surface area (Å²) in [6.07, 6.45) is 6.36. The first kappa shape index (κ1) is 12.9. The van der Waals surface area contributed by atoms with Gasteiger partial charge in [-0.2, -0.15) is 0 Å². The number of guanidine groups is 1. The van der Waals surface area contributed by atoms with E-state index in [0.717, 1.165) is 31.0 Å². The van der Waals surface area contributed by atoms with Crippen LogP contribution in [0.1, 0.15) is 38.2 Å². The van der Waals surface area contributed by atoms with Gasteiger partial charge in [0.25, 0.3) is 0 Å². The van der Waals surface area contributed by atoms with E-state index in [2.05, 4.69) is 29.4 Å². The fraction of sp³-hybridized carbons (Fsp3) is 0.533. The molecule has 0 aliphatic heterocycles. The molecule has 3 N–H and O–H groups in total. The highest BCUT2D eigenvalue weighted by Crippen LogP contribution is 2.33. The minimum absolute atomic E-state index is 0.523. The lowest BCUT2D eigenvalue weighted by molar-refractivity contribution is 0.675. The molecule has 1 saturated carbocycles. The van der Waals surface area contributed by atoms with Gasteiger partial charge in [0.1, 0.15) is 0 Å². The molecule has 1 aliphatic rings. The van der Waals surface area contributed by atoms with Gasteiger partial charge in [-0.05, 0) is 42.9 Å². The van der Waals surface area contributed by atoms with Crippen molar-refractivity contribution in [1.29, 1.82) is 0 Å². The summed E-state index contributed by atoms with van der Waals surface area (Å²) in [6.45, 7) is 2.99. The largest absolute Gasteiger partial charge is 0.370 e. The zero-order valence-electron chi connectivity index (χ0n) is 11.2. The van der Waals surface area contributed by atoms with E-state index in [1.807, 2.05) is 12.1 Å². The Hall–Kier alpha value is -1.51. The van der Waals surface area contributed by atoms with Gasteiger partial charge in [0, 0.05) is 12.2 Å². The van der Waals surface area contributed by atoms with Crippen molar-refractivity contribution in [1.82, 2.24) is 0 Å². The molecule has 3 heteroatoms. The fourth-order valence-corrected chi connectivity index (χ4v) is 2.00. The van der Waals surface area contributed by atoms with Crippen molar-refractivity contribution in [2.24, 2.45) is 16.6 Å². The number of anilines is 1. The van der Waals surface area contributed by atoms with Crippen molar-refractivity contribution in [3.05, 3.63) is 29.8 Å². The zero-order chi connectivity index (χ0) is 12.8. The molecule has 0 radical (unpaired) electrons. The van der Waals surface area contributed by atoms with Crippen molar-refractivity contribution in [3.8, 4) is 0 Å². The summed E-state index contributed by atoms with van der Waals surface area (Å²) in [5, 5.41) is 3.12. The predicted octanol–water partition coefficient (Wildman–Crippen LogP) is 3.17. The van der Waals surface area contributed by atoms with Crippen molar-refractivity contribution in [2.75, 3.05) is 11.9 Å². The summed E-state index contributed by atoms with van der Waals surface area (Å²) in [4.78, 5) is 4.35. The number of aryl methyl sites for hydroxylation is 1. The highest BCUT2D eigenvalue weighted by Gasteiger charge is 2.19. The second kappa shape index (κ2) is 6.43. The van der Waals surface area contributed by atoms with E-state index in [0.29, 0.717) is 5.96 Å². The Labute approximate surface area is 109 Å². The van der Waals surface area contributed by atoms with Crippen LogP contribution in [0.3, 0.4) is 0 Å². The quantitative estimate of drug-likeness (QED) is 0.459. The maximum atomic E-state index is 5.85. The average molecular weight is 245 g/mol. The van der Waals surface area contributed by atoms with Crippen molar-refractivity contribution < 1.29 is 0 Å². The molecule has 18 heavy (non-hydrogen) atoms. The van der Waals surface area contributed by atoms with Crippen molar-refractivity contribution in [3.63, 3.8) is 0 Å². The number of benzene rings is 1. The summed E-state index contributed by atoms with van der Waals surface area (Å²) in [5.74, 6) is 1.51. The second-order valence-corrected chi connectivity index (χ2v) is 5.03. The van der Waals surface area contributed by atoms with Crippen molar-refractivity contribution in [2.45, 2.75) is 39.0 Å². The van der Waals surface area contributed by atoms with Crippen LogP contribution < -0.4 is 11.1 Å². The molecule has 0 atom stereocenters. The van der Waals surface area contributed by atoms with E-state index in [9.17, 15) is 0 Å².